The normalized spacial score (nSPS) is 25.9. The third-order valence-corrected chi connectivity index (χ3v) is 3.17. The van der Waals surface area contributed by atoms with Gasteiger partial charge in [-0.2, -0.15) is 0 Å². The molecular formula is C12H20N2O2. The van der Waals surface area contributed by atoms with Crippen molar-refractivity contribution >= 4 is 0 Å². The van der Waals surface area contributed by atoms with E-state index in [1.165, 1.54) is 19.3 Å². The third kappa shape index (κ3) is 3.06. The predicted molar refractivity (Wildman–Crippen MR) is 60.6 cm³/mol. The summed E-state index contributed by atoms with van der Waals surface area (Å²) in [7, 11) is 0. The van der Waals surface area contributed by atoms with E-state index >= 15 is 0 Å². The Morgan fingerprint density at radius 3 is 3.12 bits per heavy atom. The van der Waals surface area contributed by atoms with Gasteiger partial charge >= 0.3 is 0 Å². The summed E-state index contributed by atoms with van der Waals surface area (Å²) >= 11 is 0. The molecule has 1 aliphatic carbocycles. The van der Waals surface area contributed by atoms with Crippen molar-refractivity contribution in [3.8, 4) is 0 Å². The summed E-state index contributed by atoms with van der Waals surface area (Å²) in [5, 5.41) is 3.83. The highest BCUT2D eigenvalue weighted by molar-refractivity contribution is 5.03. The van der Waals surface area contributed by atoms with Gasteiger partial charge < -0.3 is 15.0 Å². The molecule has 1 heterocycles. The van der Waals surface area contributed by atoms with Gasteiger partial charge in [0.25, 0.3) is 0 Å². The molecule has 0 aromatic carbocycles. The first kappa shape index (κ1) is 11.6. The molecule has 90 valence electrons. The quantitative estimate of drug-likeness (QED) is 0.852. The minimum absolute atomic E-state index is 0.384. The second kappa shape index (κ2) is 5.46. The maximum atomic E-state index is 5.82. The lowest BCUT2D eigenvalue weighted by Crippen LogP contribution is -2.21. The Bertz CT molecular complexity index is 325. The smallest absolute Gasteiger partial charge is 0.162 e. The molecule has 0 aliphatic heterocycles. The van der Waals surface area contributed by atoms with E-state index in [2.05, 4.69) is 12.1 Å². The van der Waals surface area contributed by atoms with Gasteiger partial charge in [0.2, 0.25) is 0 Å². The largest absolute Gasteiger partial charge is 0.370 e. The van der Waals surface area contributed by atoms with Crippen molar-refractivity contribution in [1.29, 1.82) is 0 Å². The molecule has 1 aliphatic rings. The highest BCUT2D eigenvalue weighted by Gasteiger charge is 2.19. The summed E-state index contributed by atoms with van der Waals surface area (Å²) in [6.07, 6.45) is 5.32. The van der Waals surface area contributed by atoms with E-state index in [9.17, 15) is 0 Å². The highest BCUT2D eigenvalue weighted by Crippen LogP contribution is 2.26. The second-order valence-corrected chi connectivity index (χ2v) is 4.69. The van der Waals surface area contributed by atoms with Crippen molar-refractivity contribution in [3.63, 3.8) is 0 Å². The van der Waals surface area contributed by atoms with E-state index in [1.54, 1.807) is 0 Å². The topological polar surface area (TPSA) is 61.3 Å². The fourth-order valence-electron chi connectivity index (χ4n) is 2.25. The zero-order valence-corrected chi connectivity index (χ0v) is 9.82. The Morgan fingerprint density at radius 1 is 1.56 bits per heavy atom. The lowest BCUT2D eigenvalue weighted by molar-refractivity contribution is -0.00448. The number of ether oxygens (including phenoxy) is 1. The maximum absolute atomic E-state index is 5.82. The summed E-state index contributed by atoms with van der Waals surface area (Å²) in [5.41, 5.74) is 6.24. The first-order valence-corrected chi connectivity index (χ1v) is 6.04. The van der Waals surface area contributed by atoms with Gasteiger partial charge in [-0.1, -0.05) is 24.9 Å². The molecule has 4 nitrogen and oxygen atoms in total. The zero-order valence-electron chi connectivity index (χ0n) is 9.82. The van der Waals surface area contributed by atoms with Crippen LogP contribution in [-0.2, 0) is 17.9 Å². The summed E-state index contributed by atoms with van der Waals surface area (Å²) < 4.78 is 10.9. The molecule has 16 heavy (non-hydrogen) atoms. The van der Waals surface area contributed by atoms with Gasteiger partial charge in [0.1, 0.15) is 6.61 Å². The van der Waals surface area contributed by atoms with Gasteiger partial charge in [0.15, 0.2) is 5.76 Å². The summed E-state index contributed by atoms with van der Waals surface area (Å²) in [5.74, 6) is 1.56. The summed E-state index contributed by atoms with van der Waals surface area (Å²) in [6, 6.07) is 1.87. The molecule has 1 saturated carbocycles. The van der Waals surface area contributed by atoms with Crippen LogP contribution < -0.4 is 5.73 Å². The molecule has 0 amide bonds. The van der Waals surface area contributed by atoms with E-state index in [4.69, 9.17) is 15.0 Å². The number of hydrogen-bond acceptors (Lipinski definition) is 4. The molecule has 2 unspecified atom stereocenters. The average Bonchev–Trinajstić information content (AvgIpc) is 2.74. The number of nitrogens with zero attached hydrogens (tertiary/aromatic N) is 1. The van der Waals surface area contributed by atoms with Gasteiger partial charge in [-0.05, 0) is 18.8 Å². The van der Waals surface area contributed by atoms with E-state index in [1.807, 2.05) is 6.07 Å². The fraction of sp³-hybridized carbons (Fsp3) is 0.750. The first-order chi connectivity index (χ1) is 7.78. The van der Waals surface area contributed by atoms with Crippen LogP contribution in [0.2, 0.25) is 0 Å². The molecule has 2 rings (SSSR count). The van der Waals surface area contributed by atoms with E-state index in [0.717, 1.165) is 23.8 Å². The van der Waals surface area contributed by atoms with Crippen LogP contribution in [0.3, 0.4) is 0 Å². The molecule has 0 saturated heterocycles. The first-order valence-electron chi connectivity index (χ1n) is 6.04. The van der Waals surface area contributed by atoms with E-state index < -0.39 is 0 Å². The Morgan fingerprint density at radius 2 is 2.44 bits per heavy atom. The Hall–Kier alpha value is -0.870. The SMILES string of the molecule is CC1CCCC(OCc2cc(CN)no2)C1. The van der Waals surface area contributed by atoms with E-state index in [-0.39, 0.29) is 0 Å². The molecule has 1 aromatic heterocycles. The lowest BCUT2D eigenvalue weighted by Gasteiger charge is -2.26. The Balaban J connectivity index is 1.78. The van der Waals surface area contributed by atoms with Crippen LogP contribution in [0.15, 0.2) is 10.6 Å². The van der Waals surface area contributed by atoms with Crippen molar-refractivity contribution < 1.29 is 9.26 Å². The molecule has 2 N–H and O–H groups in total. The molecule has 1 aromatic rings. The predicted octanol–water partition coefficient (Wildman–Crippen LogP) is 2.23. The van der Waals surface area contributed by atoms with Crippen LogP contribution in [0, 0.1) is 5.92 Å². The standard InChI is InChI=1S/C12H20N2O2/c1-9-3-2-4-11(5-9)15-8-12-6-10(7-13)14-16-12/h6,9,11H,2-5,7-8,13H2,1H3. The van der Waals surface area contributed by atoms with Crippen molar-refractivity contribution in [2.75, 3.05) is 0 Å². The molecule has 0 radical (unpaired) electrons. The van der Waals surface area contributed by atoms with Gasteiger partial charge in [-0.3, -0.25) is 0 Å². The van der Waals surface area contributed by atoms with Crippen molar-refractivity contribution in [1.82, 2.24) is 5.16 Å². The molecule has 2 atom stereocenters. The van der Waals surface area contributed by atoms with Crippen LogP contribution in [0.5, 0.6) is 0 Å². The van der Waals surface area contributed by atoms with Gasteiger partial charge in [0.05, 0.1) is 11.8 Å². The Kier molecular flexibility index (Phi) is 3.96. The lowest BCUT2D eigenvalue weighted by atomic mass is 9.89. The van der Waals surface area contributed by atoms with Crippen molar-refractivity contribution in [2.45, 2.75) is 51.9 Å². The van der Waals surface area contributed by atoms with Crippen LogP contribution in [0.4, 0.5) is 0 Å². The summed E-state index contributed by atoms with van der Waals surface area (Å²) in [4.78, 5) is 0. The fourth-order valence-corrected chi connectivity index (χ4v) is 2.25. The average molecular weight is 224 g/mol. The van der Waals surface area contributed by atoms with Crippen LogP contribution in [0.1, 0.15) is 44.1 Å². The van der Waals surface area contributed by atoms with E-state index in [0.29, 0.717) is 19.3 Å². The molecule has 0 spiro atoms. The van der Waals surface area contributed by atoms with Gasteiger partial charge in [-0.15, -0.1) is 0 Å². The second-order valence-electron chi connectivity index (χ2n) is 4.69. The number of nitrogens with two attached hydrogens (primary N) is 1. The monoisotopic (exact) mass is 224 g/mol. The van der Waals surface area contributed by atoms with Crippen LogP contribution in [-0.4, -0.2) is 11.3 Å². The summed E-state index contributed by atoms with van der Waals surface area (Å²) in [6.45, 7) is 3.23. The van der Waals surface area contributed by atoms with Crippen molar-refractivity contribution in [3.05, 3.63) is 17.5 Å². The molecule has 0 bridgehead atoms. The molecule has 1 fully saturated rings. The van der Waals surface area contributed by atoms with Gasteiger partial charge in [-0.25, -0.2) is 0 Å². The third-order valence-electron chi connectivity index (χ3n) is 3.17. The number of aromatic nitrogens is 1. The minimum atomic E-state index is 0.384. The van der Waals surface area contributed by atoms with Gasteiger partial charge in [0, 0.05) is 12.6 Å². The highest BCUT2D eigenvalue weighted by atomic mass is 16.5. The minimum Gasteiger partial charge on any atom is -0.370 e. The number of hydrogen-bond donors (Lipinski definition) is 1. The Labute approximate surface area is 96.1 Å². The van der Waals surface area contributed by atoms with Crippen LogP contribution >= 0.6 is 0 Å². The van der Waals surface area contributed by atoms with Crippen LogP contribution in [0.25, 0.3) is 0 Å². The molecular weight excluding hydrogens is 204 g/mol. The maximum Gasteiger partial charge on any atom is 0.162 e. The number of rotatable bonds is 4. The molecule has 4 heteroatoms. The zero-order chi connectivity index (χ0) is 11.4. The van der Waals surface area contributed by atoms with Crippen molar-refractivity contribution in [2.24, 2.45) is 11.7 Å².